The van der Waals surface area contributed by atoms with Crippen LogP contribution in [0.1, 0.15) is 5.56 Å². The number of H-pyrrole nitrogens is 1. The lowest BCUT2D eigenvalue weighted by molar-refractivity contribution is 0.426. The first kappa shape index (κ1) is 11.0. The topological polar surface area (TPSA) is 90.6 Å². The lowest BCUT2D eigenvalue weighted by atomic mass is 9.80. The minimum Gasteiger partial charge on any atom is -0.423 e. The molecule has 18 heavy (non-hydrogen) atoms. The van der Waals surface area contributed by atoms with Crippen molar-refractivity contribution in [3.05, 3.63) is 40.3 Å². The van der Waals surface area contributed by atoms with Gasteiger partial charge in [-0.1, -0.05) is 12.1 Å². The van der Waals surface area contributed by atoms with Crippen LogP contribution in [0.15, 0.2) is 29.1 Å². The van der Waals surface area contributed by atoms with Gasteiger partial charge in [0.25, 0.3) is 0 Å². The first-order valence-electron chi connectivity index (χ1n) is 5.44. The number of hydrogen-bond donors (Lipinski definition) is 3. The molecule has 0 aliphatic heterocycles. The molecule has 90 valence electrons. The zero-order valence-corrected chi connectivity index (χ0v) is 9.58. The molecule has 2 aromatic heterocycles. The van der Waals surface area contributed by atoms with Gasteiger partial charge in [0.2, 0.25) is 0 Å². The van der Waals surface area contributed by atoms with E-state index in [1.165, 1.54) is 4.40 Å². The lowest BCUT2D eigenvalue weighted by Gasteiger charge is -2.07. The summed E-state index contributed by atoms with van der Waals surface area (Å²) >= 11 is 0. The number of aryl methyl sites for hydroxylation is 1. The van der Waals surface area contributed by atoms with Crippen molar-refractivity contribution in [3.63, 3.8) is 0 Å². The molecule has 0 unspecified atom stereocenters. The number of pyridine rings is 1. The molecule has 7 heteroatoms. The van der Waals surface area contributed by atoms with Gasteiger partial charge in [-0.25, -0.2) is 14.3 Å². The number of nitrogens with one attached hydrogen (secondary N) is 1. The second-order valence-electron chi connectivity index (χ2n) is 4.20. The Hall–Kier alpha value is -2.12. The molecule has 2 heterocycles. The van der Waals surface area contributed by atoms with E-state index in [1.807, 2.05) is 6.92 Å². The van der Waals surface area contributed by atoms with E-state index in [0.717, 1.165) is 10.9 Å². The quantitative estimate of drug-likeness (QED) is 0.486. The average Bonchev–Trinajstić information content (AvgIpc) is 2.70. The molecule has 0 aliphatic carbocycles. The third-order valence-corrected chi connectivity index (χ3v) is 3.03. The molecule has 0 amide bonds. The van der Waals surface area contributed by atoms with E-state index in [-0.39, 0.29) is 5.69 Å². The van der Waals surface area contributed by atoms with Crippen LogP contribution in [0.5, 0.6) is 0 Å². The van der Waals surface area contributed by atoms with E-state index < -0.39 is 7.12 Å². The summed E-state index contributed by atoms with van der Waals surface area (Å²) in [7, 11) is -1.56. The fraction of sp³-hybridized carbons (Fsp3) is 0.0909. The highest BCUT2D eigenvalue weighted by Crippen LogP contribution is 2.18. The summed E-state index contributed by atoms with van der Waals surface area (Å²) in [5.74, 6) is 0. The number of fused-ring (bicyclic) bond motifs is 3. The Morgan fingerprint density at radius 3 is 2.83 bits per heavy atom. The molecule has 0 saturated heterocycles. The molecule has 0 spiro atoms. The van der Waals surface area contributed by atoms with Crippen LogP contribution in [0.25, 0.3) is 16.6 Å². The van der Waals surface area contributed by atoms with E-state index >= 15 is 0 Å². The molecule has 3 rings (SSSR count). The van der Waals surface area contributed by atoms with Crippen LogP contribution in [0.4, 0.5) is 0 Å². The maximum absolute atomic E-state index is 11.7. The van der Waals surface area contributed by atoms with E-state index in [1.54, 1.807) is 24.3 Å². The van der Waals surface area contributed by atoms with Crippen molar-refractivity contribution in [2.75, 3.05) is 0 Å². The summed E-state index contributed by atoms with van der Waals surface area (Å²) in [6.07, 6.45) is 0. The maximum atomic E-state index is 11.7. The molecular formula is C11H10BN3O3. The summed E-state index contributed by atoms with van der Waals surface area (Å²) in [5.41, 5.74) is 2.07. The molecule has 1 aromatic carbocycles. The molecule has 0 bridgehead atoms. The summed E-state index contributed by atoms with van der Waals surface area (Å²) in [5, 5.41) is 25.5. The standard InChI is InChI=1S/C11H10BN3O3/c1-6-4-10-13-14-11(16)15(10)9-5-7(12(17)18)2-3-8(6)9/h2-5,17-18H,1H3,(H,14,16). The molecule has 0 fully saturated rings. The number of benzene rings is 1. The molecule has 0 atom stereocenters. The van der Waals surface area contributed by atoms with E-state index in [0.29, 0.717) is 16.6 Å². The van der Waals surface area contributed by atoms with Crippen LogP contribution in [0.2, 0.25) is 0 Å². The SMILES string of the molecule is Cc1cc2n[nH]c(=O)n2c2cc(B(O)O)ccc12. The highest BCUT2D eigenvalue weighted by Gasteiger charge is 2.14. The third kappa shape index (κ3) is 1.45. The predicted octanol–water partition coefficient (Wildman–Crippen LogP) is -0.836. The Morgan fingerprint density at radius 2 is 2.11 bits per heavy atom. The van der Waals surface area contributed by atoms with Gasteiger partial charge in [-0.2, -0.15) is 5.10 Å². The minimum absolute atomic E-state index is 0.336. The van der Waals surface area contributed by atoms with E-state index in [9.17, 15) is 14.8 Å². The van der Waals surface area contributed by atoms with Crippen molar-refractivity contribution in [1.29, 1.82) is 0 Å². The van der Waals surface area contributed by atoms with Gasteiger partial charge in [0.05, 0.1) is 5.52 Å². The van der Waals surface area contributed by atoms with Gasteiger partial charge in [-0.3, -0.25) is 0 Å². The lowest BCUT2D eigenvalue weighted by Crippen LogP contribution is -2.30. The number of aromatic nitrogens is 3. The molecule has 0 radical (unpaired) electrons. The van der Waals surface area contributed by atoms with Crippen molar-refractivity contribution in [2.24, 2.45) is 0 Å². The Kier molecular flexibility index (Phi) is 2.26. The van der Waals surface area contributed by atoms with Gasteiger partial charge in [0, 0.05) is 5.39 Å². The van der Waals surface area contributed by atoms with Gasteiger partial charge in [0.1, 0.15) is 0 Å². The van der Waals surface area contributed by atoms with Crippen molar-refractivity contribution in [3.8, 4) is 0 Å². The summed E-state index contributed by atoms with van der Waals surface area (Å²) in [6, 6.07) is 6.77. The van der Waals surface area contributed by atoms with Crippen LogP contribution in [-0.4, -0.2) is 31.8 Å². The number of aromatic amines is 1. The molecule has 3 N–H and O–H groups in total. The number of nitrogens with zero attached hydrogens (tertiary/aromatic N) is 2. The molecule has 3 aromatic rings. The average molecular weight is 243 g/mol. The number of rotatable bonds is 1. The van der Waals surface area contributed by atoms with Crippen molar-refractivity contribution >= 4 is 29.1 Å². The zero-order chi connectivity index (χ0) is 12.9. The fourth-order valence-electron chi connectivity index (χ4n) is 2.14. The van der Waals surface area contributed by atoms with E-state index in [2.05, 4.69) is 10.2 Å². The molecule has 0 saturated carbocycles. The van der Waals surface area contributed by atoms with Gasteiger partial charge >= 0.3 is 12.8 Å². The van der Waals surface area contributed by atoms with Crippen LogP contribution in [-0.2, 0) is 0 Å². The highest BCUT2D eigenvalue weighted by molar-refractivity contribution is 6.58. The molecule has 0 aliphatic rings. The molecular weight excluding hydrogens is 233 g/mol. The second-order valence-corrected chi connectivity index (χ2v) is 4.20. The van der Waals surface area contributed by atoms with Gasteiger partial charge in [0.15, 0.2) is 5.65 Å². The Bertz CT molecular complexity index is 806. The Morgan fingerprint density at radius 1 is 1.33 bits per heavy atom. The first-order valence-corrected chi connectivity index (χ1v) is 5.44. The maximum Gasteiger partial charge on any atom is 0.488 e. The van der Waals surface area contributed by atoms with Crippen LogP contribution >= 0.6 is 0 Å². The van der Waals surface area contributed by atoms with Crippen molar-refractivity contribution in [1.82, 2.24) is 14.6 Å². The largest absolute Gasteiger partial charge is 0.488 e. The number of hydrogen-bond acceptors (Lipinski definition) is 4. The summed E-state index contributed by atoms with van der Waals surface area (Å²) < 4.78 is 1.41. The van der Waals surface area contributed by atoms with Crippen molar-refractivity contribution in [2.45, 2.75) is 6.92 Å². The van der Waals surface area contributed by atoms with E-state index in [4.69, 9.17) is 0 Å². The van der Waals surface area contributed by atoms with Crippen LogP contribution in [0, 0.1) is 6.92 Å². The first-order chi connectivity index (χ1) is 8.58. The summed E-state index contributed by atoms with van der Waals surface area (Å²) in [4.78, 5) is 11.7. The van der Waals surface area contributed by atoms with Gasteiger partial charge < -0.3 is 10.0 Å². The van der Waals surface area contributed by atoms with Crippen LogP contribution in [0.3, 0.4) is 0 Å². The summed E-state index contributed by atoms with van der Waals surface area (Å²) in [6.45, 7) is 1.91. The molecule has 6 nitrogen and oxygen atoms in total. The zero-order valence-electron chi connectivity index (χ0n) is 9.58. The highest BCUT2D eigenvalue weighted by atomic mass is 16.4. The third-order valence-electron chi connectivity index (χ3n) is 3.03. The van der Waals surface area contributed by atoms with Crippen LogP contribution < -0.4 is 11.2 Å². The van der Waals surface area contributed by atoms with Gasteiger partial charge in [-0.05, 0) is 30.1 Å². The minimum atomic E-state index is -1.56. The fourth-order valence-corrected chi connectivity index (χ4v) is 2.14. The Balaban J connectivity index is 2.54. The normalized spacial score (nSPS) is 11.3. The smallest absolute Gasteiger partial charge is 0.423 e. The predicted molar refractivity (Wildman–Crippen MR) is 67.9 cm³/mol. The Labute approximate surface area is 102 Å². The van der Waals surface area contributed by atoms with Gasteiger partial charge in [-0.15, -0.1) is 0 Å². The van der Waals surface area contributed by atoms with Crippen molar-refractivity contribution < 1.29 is 10.0 Å². The second kappa shape index (κ2) is 3.69. The monoisotopic (exact) mass is 243 g/mol.